The normalized spacial score (nSPS) is 15.8. The number of halogens is 4. The second-order valence-electron chi connectivity index (χ2n) is 4.03. The van der Waals surface area contributed by atoms with Crippen LogP contribution >= 0.6 is 0 Å². The predicted molar refractivity (Wildman–Crippen MR) is 65.7 cm³/mol. The highest BCUT2D eigenvalue weighted by molar-refractivity contribution is 6.33. The Kier molecular flexibility index (Phi) is 7.61. The lowest BCUT2D eigenvalue weighted by atomic mass is 10.2. The molecule has 0 aromatic carbocycles. The Morgan fingerprint density at radius 3 is 2.70 bits per heavy atom. The third kappa shape index (κ3) is 4.70. The van der Waals surface area contributed by atoms with Crippen LogP contribution in [-0.2, 0) is 6.54 Å². The number of aryl methyl sites for hydroxylation is 1. The molecule has 1 aliphatic rings. The lowest BCUT2D eigenvalue weighted by Gasteiger charge is -2.21. The molecule has 4 nitrogen and oxygen atoms in total. The van der Waals surface area contributed by atoms with Gasteiger partial charge in [-0.2, -0.15) is 5.26 Å². The van der Waals surface area contributed by atoms with Gasteiger partial charge in [-0.1, -0.05) is 0 Å². The summed E-state index contributed by atoms with van der Waals surface area (Å²) in [5.74, 6) is 0.966. The molecule has 0 N–H and O–H groups in total. The summed E-state index contributed by atoms with van der Waals surface area (Å²) in [6.45, 7) is 2.99. The van der Waals surface area contributed by atoms with Crippen LogP contribution in [0.3, 0.4) is 0 Å². The third-order valence-corrected chi connectivity index (χ3v) is 2.67. The van der Waals surface area contributed by atoms with Gasteiger partial charge in [-0.05, 0) is 19.1 Å². The molecule has 2 heterocycles. The molecular weight excluding hydrogens is 277 g/mol. The summed E-state index contributed by atoms with van der Waals surface area (Å²) in [6, 6.07) is 6.01. The largest absolute Gasteiger partial charge is 0.815 e. The molecule has 9 heteroatoms. The van der Waals surface area contributed by atoms with E-state index in [1.165, 1.54) is 0 Å². The van der Waals surface area contributed by atoms with Crippen LogP contribution in [0, 0.1) is 18.3 Å². The number of aromatic nitrogens is 1. The molecule has 0 amide bonds. The predicted octanol–water partition coefficient (Wildman–Crippen LogP) is 0.467. The first-order valence-electron chi connectivity index (χ1n) is 5.82. The summed E-state index contributed by atoms with van der Waals surface area (Å²) < 4.78 is 31.2. The van der Waals surface area contributed by atoms with E-state index in [2.05, 4.69) is 6.07 Å². The fourth-order valence-electron chi connectivity index (χ4n) is 2.03. The second kappa shape index (κ2) is 8.37. The molecule has 0 saturated carbocycles. The van der Waals surface area contributed by atoms with Gasteiger partial charge in [0.1, 0.15) is 6.54 Å². The maximum absolute atomic E-state index is 11.8. The number of nitriles is 1. The zero-order valence-corrected chi connectivity index (χ0v) is 10.9. The monoisotopic (exact) mass is 292 g/mol. The zero-order valence-electron chi connectivity index (χ0n) is 10.9. The van der Waals surface area contributed by atoms with Gasteiger partial charge in [-0.3, -0.25) is 9.60 Å². The molecule has 1 atom stereocenters. The van der Waals surface area contributed by atoms with E-state index >= 15 is 0 Å². The van der Waals surface area contributed by atoms with Gasteiger partial charge in [-0.25, -0.2) is 4.57 Å². The number of pyridine rings is 1. The van der Waals surface area contributed by atoms with E-state index in [1.54, 1.807) is 4.90 Å². The number of anilines is 1. The molecule has 0 fully saturated rings. The van der Waals surface area contributed by atoms with Gasteiger partial charge in [-0.15, -0.1) is 0 Å². The van der Waals surface area contributed by atoms with Crippen molar-refractivity contribution >= 4 is 13.4 Å². The lowest BCUT2D eigenvalue weighted by Crippen LogP contribution is -2.44. The molecule has 1 aliphatic heterocycles. The van der Waals surface area contributed by atoms with Gasteiger partial charge in [0.2, 0.25) is 0 Å². The molecule has 1 unspecified atom stereocenters. The van der Waals surface area contributed by atoms with Crippen LogP contribution < -0.4 is 14.6 Å². The lowest BCUT2D eigenvalue weighted by molar-refractivity contribution is -0.692. The number of hydrogen-bond donors (Lipinski definition) is 0. The maximum atomic E-state index is 11.8. The summed E-state index contributed by atoms with van der Waals surface area (Å²) in [4.78, 5) is 1.78. The topological polar surface area (TPSA) is 54.0 Å². The minimum atomic E-state index is -4.25. The van der Waals surface area contributed by atoms with E-state index in [0.717, 1.165) is 11.4 Å². The maximum Gasteiger partial charge on any atom is 0.464 e. The van der Waals surface area contributed by atoms with Gasteiger partial charge in [0, 0.05) is 5.56 Å². The first-order valence-corrected chi connectivity index (χ1v) is 5.82. The number of nitrogens with zero attached hydrogens (tertiary/aromatic N) is 3. The molecule has 0 saturated heterocycles. The zero-order chi connectivity index (χ0) is 14.4. The smallest absolute Gasteiger partial charge is 0.464 e. The molecular formula is C11H15BF4N3O-. The van der Waals surface area contributed by atoms with Gasteiger partial charge < -0.3 is 18.1 Å². The Morgan fingerprint density at radius 2 is 2.15 bits per heavy atom. The molecule has 0 spiro atoms. The van der Waals surface area contributed by atoms with Crippen molar-refractivity contribution in [3.63, 3.8) is 0 Å². The highest BCUT2D eigenvalue weighted by atomic mass is 19.4. The van der Waals surface area contributed by atoms with Crippen LogP contribution in [-0.4, -0.2) is 20.3 Å². The van der Waals surface area contributed by atoms with E-state index < -0.39 is 13.8 Å². The van der Waals surface area contributed by atoms with Crippen LogP contribution in [0.25, 0.3) is 0 Å². The van der Waals surface area contributed by atoms with Crippen LogP contribution in [0.15, 0.2) is 18.3 Å². The van der Waals surface area contributed by atoms with Crippen molar-refractivity contribution in [1.29, 1.82) is 5.26 Å². The summed E-state index contributed by atoms with van der Waals surface area (Å²) >= 11 is 0. The van der Waals surface area contributed by atoms with E-state index in [-0.39, 0.29) is 4.70 Å². The van der Waals surface area contributed by atoms with Gasteiger partial charge in [0.05, 0.1) is 31.5 Å². The van der Waals surface area contributed by atoms with E-state index in [0.29, 0.717) is 19.5 Å². The molecule has 20 heavy (non-hydrogen) atoms. The molecule has 2 rings (SSSR count). The number of rotatable bonds is 2. The second-order valence-corrected chi connectivity index (χ2v) is 4.03. The summed E-state index contributed by atoms with van der Waals surface area (Å²) in [7, 11) is -4.25. The van der Waals surface area contributed by atoms with Crippen LogP contribution in [0.2, 0.25) is 0 Å². The van der Waals surface area contributed by atoms with E-state index in [1.807, 2.05) is 29.8 Å². The molecule has 0 aliphatic carbocycles. The van der Waals surface area contributed by atoms with Crippen molar-refractivity contribution in [2.45, 2.75) is 26.1 Å². The SMILES string of the molecule is Cc1ccc[n+]2c1N(CCC#N)C([O-])C2.F.F[BH-](F)F. The highest BCUT2D eigenvalue weighted by Crippen LogP contribution is 2.20. The van der Waals surface area contributed by atoms with Crippen molar-refractivity contribution in [3.8, 4) is 6.07 Å². The Hall–Kier alpha value is -1.82. The van der Waals surface area contributed by atoms with E-state index in [9.17, 15) is 18.1 Å². The Morgan fingerprint density at radius 1 is 1.55 bits per heavy atom. The van der Waals surface area contributed by atoms with Crippen molar-refractivity contribution in [1.82, 2.24) is 0 Å². The first-order chi connectivity index (χ1) is 8.97. The van der Waals surface area contributed by atoms with Crippen molar-refractivity contribution in [2.24, 2.45) is 0 Å². The van der Waals surface area contributed by atoms with Crippen molar-refractivity contribution in [3.05, 3.63) is 23.9 Å². The average Bonchev–Trinajstić information content (AvgIpc) is 2.63. The number of hydrogen-bond acceptors (Lipinski definition) is 3. The third-order valence-electron chi connectivity index (χ3n) is 2.67. The van der Waals surface area contributed by atoms with Gasteiger partial charge in [0.15, 0.2) is 0 Å². The van der Waals surface area contributed by atoms with Crippen molar-refractivity contribution in [2.75, 3.05) is 11.4 Å². The summed E-state index contributed by atoms with van der Waals surface area (Å²) in [5.41, 5.74) is 1.09. The highest BCUT2D eigenvalue weighted by Gasteiger charge is 2.31. The average molecular weight is 292 g/mol. The van der Waals surface area contributed by atoms with E-state index in [4.69, 9.17) is 5.26 Å². The fourth-order valence-corrected chi connectivity index (χ4v) is 2.03. The first kappa shape index (κ1) is 18.2. The minimum absolute atomic E-state index is 0. The quantitative estimate of drug-likeness (QED) is 0.452. The Balaban J connectivity index is 0.000000644. The fraction of sp³-hybridized carbons (Fsp3) is 0.455. The van der Waals surface area contributed by atoms with Crippen LogP contribution in [0.1, 0.15) is 12.0 Å². The van der Waals surface area contributed by atoms with Crippen molar-refractivity contribution < 1.29 is 27.3 Å². The van der Waals surface area contributed by atoms with Gasteiger partial charge >= 0.3 is 7.54 Å². The molecule has 1 aromatic heterocycles. The molecule has 0 bridgehead atoms. The Labute approximate surface area is 114 Å². The molecule has 0 radical (unpaired) electrons. The minimum Gasteiger partial charge on any atom is -0.815 e. The van der Waals surface area contributed by atoms with Gasteiger partial charge in [0.25, 0.3) is 5.82 Å². The molecule has 1 aromatic rings. The van der Waals surface area contributed by atoms with Crippen LogP contribution in [0.4, 0.5) is 23.5 Å². The molecule has 112 valence electrons. The van der Waals surface area contributed by atoms with Crippen LogP contribution in [0.5, 0.6) is 0 Å². The Bertz CT molecular complexity index is 467. The summed E-state index contributed by atoms with van der Waals surface area (Å²) in [5, 5.41) is 20.3. The standard InChI is InChI=1S/C11H13N3O.BF3H.FH/c1-9-4-2-6-13-8-10(15)14(11(9)13)7-3-5-12;2-1(3)4;/h2,4,6,10H,3,7-8H2,1H3;1H;1H/q;-1;. The summed E-state index contributed by atoms with van der Waals surface area (Å²) in [6.07, 6.45) is 1.56. The number of fused-ring (bicyclic) bond motifs is 1.